The molecule has 2 aromatic rings. The first-order valence-corrected chi connectivity index (χ1v) is 7.38. The van der Waals surface area contributed by atoms with E-state index in [1.54, 1.807) is 7.05 Å². The molecule has 0 heterocycles. The largest absolute Gasteiger partial charge is 0.491 e. The Morgan fingerprint density at radius 3 is 2.52 bits per heavy atom. The van der Waals surface area contributed by atoms with Crippen LogP contribution in [0.2, 0.25) is 0 Å². The maximum Gasteiger partial charge on any atom is 0.390 e. The number of fused-ring (bicyclic) bond motifs is 1. The van der Waals surface area contributed by atoms with Gasteiger partial charge in [-0.2, -0.15) is 13.2 Å². The summed E-state index contributed by atoms with van der Waals surface area (Å²) in [6, 6.07) is 13.4. The number of nitrogens with zero attached hydrogens (tertiary/aromatic N) is 1. The molecule has 6 heteroatoms. The van der Waals surface area contributed by atoms with E-state index in [0.29, 0.717) is 5.75 Å². The summed E-state index contributed by atoms with van der Waals surface area (Å²) in [5, 5.41) is 12.0. The highest BCUT2D eigenvalue weighted by Crippen LogP contribution is 2.21. The van der Waals surface area contributed by atoms with Crippen molar-refractivity contribution in [3.05, 3.63) is 42.5 Å². The van der Waals surface area contributed by atoms with Gasteiger partial charge in [-0.25, -0.2) is 0 Å². The minimum atomic E-state index is -4.18. The molecule has 0 saturated carbocycles. The molecule has 0 aliphatic rings. The summed E-state index contributed by atoms with van der Waals surface area (Å²) < 4.78 is 41.9. The monoisotopic (exact) mass is 327 g/mol. The van der Waals surface area contributed by atoms with Crippen molar-refractivity contribution < 1.29 is 23.0 Å². The second kappa shape index (κ2) is 7.66. The smallest absolute Gasteiger partial charge is 0.390 e. The highest BCUT2D eigenvalue weighted by molar-refractivity contribution is 5.83. The number of halogens is 3. The van der Waals surface area contributed by atoms with Gasteiger partial charge in [-0.3, -0.25) is 0 Å². The van der Waals surface area contributed by atoms with Gasteiger partial charge in [0.2, 0.25) is 0 Å². The molecule has 0 radical (unpaired) electrons. The number of aliphatic hydroxyl groups is 1. The van der Waals surface area contributed by atoms with Crippen LogP contribution in [0.4, 0.5) is 13.2 Å². The zero-order valence-electron chi connectivity index (χ0n) is 12.9. The summed E-state index contributed by atoms with van der Waals surface area (Å²) in [5.74, 6) is 0.626. The van der Waals surface area contributed by atoms with E-state index in [4.69, 9.17) is 4.74 Å². The summed E-state index contributed by atoms with van der Waals surface area (Å²) in [5.41, 5.74) is 0. The fraction of sp³-hybridized carbons (Fsp3) is 0.412. The van der Waals surface area contributed by atoms with Crippen LogP contribution in [0.1, 0.15) is 6.42 Å². The van der Waals surface area contributed by atoms with Gasteiger partial charge in [0, 0.05) is 13.1 Å². The SMILES string of the molecule is CN(CCC(F)(F)F)CC(O)COc1ccc2ccccc2c1. The first kappa shape index (κ1) is 17.6. The molecule has 0 amide bonds. The van der Waals surface area contributed by atoms with Gasteiger partial charge in [0.1, 0.15) is 18.5 Å². The number of likely N-dealkylation sites (N-methyl/N-ethyl adjacent to an activating group) is 1. The van der Waals surface area contributed by atoms with Gasteiger partial charge in [-0.15, -0.1) is 0 Å². The highest BCUT2D eigenvalue weighted by atomic mass is 19.4. The van der Waals surface area contributed by atoms with E-state index in [1.807, 2.05) is 42.5 Å². The van der Waals surface area contributed by atoms with Crippen molar-refractivity contribution in [2.75, 3.05) is 26.7 Å². The molecule has 2 rings (SSSR count). The van der Waals surface area contributed by atoms with Crippen molar-refractivity contribution >= 4 is 10.8 Å². The van der Waals surface area contributed by atoms with E-state index in [0.717, 1.165) is 10.8 Å². The molecule has 23 heavy (non-hydrogen) atoms. The van der Waals surface area contributed by atoms with Crippen LogP contribution < -0.4 is 4.74 Å². The Labute approximate surface area is 133 Å². The zero-order chi connectivity index (χ0) is 16.9. The third-order valence-electron chi connectivity index (χ3n) is 3.46. The predicted octanol–water partition coefficient (Wildman–Crippen LogP) is 3.46. The molecule has 0 aliphatic carbocycles. The molecular formula is C17H20F3NO2. The molecule has 0 saturated heterocycles. The molecule has 1 unspecified atom stereocenters. The summed E-state index contributed by atoms with van der Waals surface area (Å²) >= 11 is 0. The lowest BCUT2D eigenvalue weighted by Gasteiger charge is -2.21. The number of ether oxygens (including phenoxy) is 1. The summed E-state index contributed by atoms with van der Waals surface area (Å²) in [7, 11) is 1.55. The van der Waals surface area contributed by atoms with Gasteiger partial charge in [-0.1, -0.05) is 30.3 Å². The topological polar surface area (TPSA) is 32.7 Å². The maximum absolute atomic E-state index is 12.1. The van der Waals surface area contributed by atoms with Crippen molar-refractivity contribution in [1.82, 2.24) is 4.90 Å². The molecular weight excluding hydrogens is 307 g/mol. The van der Waals surface area contributed by atoms with Crippen molar-refractivity contribution in [3.8, 4) is 5.75 Å². The molecule has 0 aliphatic heterocycles. The normalized spacial score (nSPS) is 13.5. The number of alkyl halides is 3. The minimum Gasteiger partial charge on any atom is -0.491 e. The Morgan fingerprint density at radius 1 is 1.13 bits per heavy atom. The fourth-order valence-corrected chi connectivity index (χ4v) is 2.27. The van der Waals surface area contributed by atoms with Crippen molar-refractivity contribution in [2.45, 2.75) is 18.7 Å². The van der Waals surface area contributed by atoms with Gasteiger partial charge in [0.15, 0.2) is 0 Å². The molecule has 0 spiro atoms. The van der Waals surface area contributed by atoms with Crippen LogP contribution in [-0.2, 0) is 0 Å². The highest BCUT2D eigenvalue weighted by Gasteiger charge is 2.27. The lowest BCUT2D eigenvalue weighted by Crippen LogP contribution is -2.35. The van der Waals surface area contributed by atoms with Crippen LogP contribution >= 0.6 is 0 Å². The Bertz CT molecular complexity index is 631. The van der Waals surface area contributed by atoms with E-state index < -0.39 is 18.7 Å². The fourth-order valence-electron chi connectivity index (χ4n) is 2.27. The van der Waals surface area contributed by atoms with Gasteiger partial charge in [0.05, 0.1) is 6.42 Å². The van der Waals surface area contributed by atoms with Crippen molar-refractivity contribution in [2.24, 2.45) is 0 Å². The molecule has 2 aromatic carbocycles. The lowest BCUT2D eigenvalue weighted by molar-refractivity contribution is -0.138. The first-order chi connectivity index (χ1) is 10.8. The average Bonchev–Trinajstić information content (AvgIpc) is 2.50. The molecule has 126 valence electrons. The number of aliphatic hydroxyl groups excluding tert-OH is 1. The van der Waals surface area contributed by atoms with E-state index in [2.05, 4.69) is 0 Å². The van der Waals surface area contributed by atoms with Gasteiger partial charge in [0.25, 0.3) is 0 Å². The number of hydrogen-bond acceptors (Lipinski definition) is 3. The zero-order valence-corrected chi connectivity index (χ0v) is 12.9. The molecule has 0 fully saturated rings. The lowest BCUT2D eigenvalue weighted by atomic mass is 10.1. The number of rotatable bonds is 7. The Morgan fingerprint density at radius 2 is 1.83 bits per heavy atom. The first-order valence-electron chi connectivity index (χ1n) is 7.38. The maximum atomic E-state index is 12.1. The average molecular weight is 327 g/mol. The van der Waals surface area contributed by atoms with E-state index in [-0.39, 0.29) is 19.7 Å². The van der Waals surface area contributed by atoms with Gasteiger partial charge >= 0.3 is 6.18 Å². The number of benzene rings is 2. The van der Waals surface area contributed by atoms with Crippen LogP contribution in [0.15, 0.2) is 42.5 Å². The van der Waals surface area contributed by atoms with Crippen LogP contribution in [0.5, 0.6) is 5.75 Å². The second-order valence-electron chi connectivity index (χ2n) is 5.60. The quantitative estimate of drug-likeness (QED) is 0.845. The van der Waals surface area contributed by atoms with Crippen LogP contribution in [0.3, 0.4) is 0 Å². The predicted molar refractivity (Wildman–Crippen MR) is 83.6 cm³/mol. The molecule has 0 bridgehead atoms. The second-order valence-corrected chi connectivity index (χ2v) is 5.60. The van der Waals surface area contributed by atoms with Gasteiger partial charge in [-0.05, 0) is 30.0 Å². The molecule has 1 atom stereocenters. The Hall–Kier alpha value is -1.79. The van der Waals surface area contributed by atoms with Crippen LogP contribution in [-0.4, -0.2) is 49.0 Å². The van der Waals surface area contributed by atoms with Crippen LogP contribution in [0, 0.1) is 0 Å². The third kappa shape index (κ3) is 6.08. The van der Waals surface area contributed by atoms with E-state index in [1.165, 1.54) is 4.90 Å². The standard InChI is InChI=1S/C17H20F3NO2/c1-21(9-8-17(18,19)20)11-15(22)12-23-16-7-6-13-4-2-3-5-14(13)10-16/h2-7,10,15,22H,8-9,11-12H2,1H3. The third-order valence-corrected chi connectivity index (χ3v) is 3.46. The van der Waals surface area contributed by atoms with Gasteiger partial charge < -0.3 is 14.7 Å². The summed E-state index contributed by atoms with van der Waals surface area (Å²) in [4.78, 5) is 1.45. The molecule has 0 aromatic heterocycles. The molecule has 3 nitrogen and oxygen atoms in total. The number of hydrogen-bond donors (Lipinski definition) is 1. The molecule has 1 N–H and O–H groups in total. The van der Waals surface area contributed by atoms with Crippen molar-refractivity contribution in [3.63, 3.8) is 0 Å². The van der Waals surface area contributed by atoms with E-state index in [9.17, 15) is 18.3 Å². The Kier molecular flexibility index (Phi) is 5.85. The minimum absolute atomic E-state index is 0.0364. The van der Waals surface area contributed by atoms with Crippen molar-refractivity contribution in [1.29, 1.82) is 0 Å². The summed E-state index contributed by atoms with van der Waals surface area (Å²) in [6.07, 6.45) is -5.91. The van der Waals surface area contributed by atoms with Crippen LogP contribution in [0.25, 0.3) is 10.8 Å². The van der Waals surface area contributed by atoms with E-state index >= 15 is 0 Å². The summed E-state index contributed by atoms with van der Waals surface area (Å²) in [6.45, 7) is 0.0227. The Balaban J connectivity index is 1.79.